The van der Waals surface area contributed by atoms with Crippen LogP contribution in [0.1, 0.15) is 17.4 Å². The van der Waals surface area contributed by atoms with E-state index in [0.717, 1.165) is 0 Å². The van der Waals surface area contributed by atoms with Crippen molar-refractivity contribution in [1.82, 2.24) is 4.98 Å². The molecular weight excluding hydrogens is 280 g/mol. The monoisotopic (exact) mass is 287 g/mol. The van der Waals surface area contributed by atoms with Gasteiger partial charge in [-0.3, -0.25) is 4.98 Å². The van der Waals surface area contributed by atoms with Gasteiger partial charge in [0.1, 0.15) is 6.10 Å². The van der Waals surface area contributed by atoms with Crippen LogP contribution in [0.25, 0.3) is 0 Å². The molecule has 0 bridgehead atoms. The lowest BCUT2D eigenvalue weighted by Gasteiger charge is -2.12. The van der Waals surface area contributed by atoms with Crippen LogP contribution in [0.15, 0.2) is 36.5 Å². The summed E-state index contributed by atoms with van der Waals surface area (Å²) in [6.45, 7) is 0. The fourth-order valence-corrected chi connectivity index (χ4v) is 1.96. The predicted molar refractivity (Wildman–Crippen MR) is 69.8 cm³/mol. The van der Waals surface area contributed by atoms with E-state index in [2.05, 4.69) is 4.98 Å². The minimum atomic E-state index is -0.918. The summed E-state index contributed by atoms with van der Waals surface area (Å²) in [6.07, 6.45) is 0.553. The summed E-state index contributed by atoms with van der Waals surface area (Å²) in [4.78, 5) is 4.04. The van der Waals surface area contributed by atoms with Gasteiger partial charge in [0.2, 0.25) is 0 Å². The van der Waals surface area contributed by atoms with Gasteiger partial charge in [0.25, 0.3) is 0 Å². The molecule has 0 saturated heterocycles. The van der Waals surface area contributed by atoms with Crippen molar-refractivity contribution in [3.8, 4) is 0 Å². The molecule has 5 heteroatoms. The highest BCUT2D eigenvalue weighted by atomic mass is 35.5. The molecule has 0 saturated carbocycles. The highest BCUT2D eigenvalue weighted by Crippen LogP contribution is 2.32. The Hall–Kier alpha value is -0.800. The number of hydrogen-bond donors (Lipinski definition) is 1. The topological polar surface area (TPSA) is 33.1 Å². The van der Waals surface area contributed by atoms with Crippen molar-refractivity contribution in [2.75, 3.05) is 0 Å². The molecule has 1 aromatic carbocycles. The van der Waals surface area contributed by atoms with Crippen molar-refractivity contribution in [2.45, 2.75) is 6.10 Å². The number of aliphatic hydroxyl groups excluding tert-OH is 1. The van der Waals surface area contributed by atoms with Crippen LogP contribution in [0, 0.1) is 0 Å². The lowest BCUT2D eigenvalue weighted by molar-refractivity contribution is 0.215. The Morgan fingerprint density at radius 2 is 1.82 bits per heavy atom. The minimum Gasteiger partial charge on any atom is -0.382 e. The molecule has 1 unspecified atom stereocenters. The molecule has 17 heavy (non-hydrogen) atoms. The van der Waals surface area contributed by atoms with Crippen molar-refractivity contribution in [2.24, 2.45) is 0 Å². The second-order valence-electron chi connectivity index (χ2n) is 3.45. The molecule has 0 spiro atoms. The molecule has 0 aliphatic rings. The minimum absolute atomic E-state index is 0.332. The van der Waals surface area contributed by atoms with Crippen LogP contribution in [0.5, 0.6) is 0 Å². The first kappa shape index (κ1) is 12.7. The Morgan fingerprint density at radius 3 is 2.47 bits per heavy atom. The largest absolute Gasteiger partial charge is 0.382 e. The van der Waals surface area contributed by atoms with Crippen LogP contribution in [0.3, 0.4) is 0 Å². The van der Waals surface area contributed by atoms with Crippen molar-refractivity contribution < 1.29 is 5.11 Å². The van der Waals surface area contributed by atoms with E-state index in [1.165, 1.54) is 6.20 Å². The van der Waals surface area contributed by atoms with Gasteiger partial charge in [0, 0.05) is 11.8 Å². The number of rotatable bonds is 2. The third-order valence-electron chi connectivity index (χ3n) is 2.31. The molecule has 1 N–H and O–H groups in total. The summed E-state index contributed by atoms with van der Waals surface area (Å²) >= 11 is 17.6. The summed E-state index contributed by atoms with van der Waals surface area (Å²) in [6, 6.07) is 8.39. The van der Waals surface area contributed by atoms with Crippen LogP contribution in [0.4, 0.5) is 0 Å². The van der Waals surface area contributed by atoms with Gasteiger partial charge in [-0.15, -0.1) is 0 Å². The Kier molecular flexibility index (Phi) is 3.89. The van der Waals surface area contributed by atoms with Gasteiger partial charge < -0.3 is 5.11 Å². The predicted octanol–water partition coefficient (Wildman–Crippen LogP) is 4.12. The third-order valence-corrected chi connectivity index (χ3v) is 3.36. The van der Waals surface area contributed by atoms with Crippen LogP contribution in [0.2, 0.25) is 15.1 Å². The SMILES string of the molecule is OC(c1ccc(Cl)cn1)c1cccc(Cl)c1Cl. The Balaban J connectivity index is 2.40. The molecule has 0 amide bonds. The normalized spacial score (nSPS) is 12.5. The number of aromatic nitrogens is 1. The summed E-state index contributed by atoms with van der Waals surface area (Å²) in [7, 11) is 0. The molecule has 0 aliphatic carbocycles. The number of pyridine rings is 1. The molecule has 88 valence electrons. The smallest absolute Gasteiger partial charge is 0.122 e. The van der Waals surface area contributed by atoms with Gasteiger partial charge in [-0.2, -0.15) is 0 Å². The highest BCUT2D eigenvalue weighted by molar-refractivity contribution is 6.42. The molecule has 0 aliphatic heterocycles. The van der Waals surface area contributed by atoms with E-state index in [1.807, 2.05) is 0 Å². The Labute approximate surface area is 114 Å². The van der Waals surface area contributed by atoms with E-state index in [4.69, 9.17) is 34.8 Å². The lowest BCUT2D eigenvalue weighted by Crippen LogP contribution is -2.02. The zero-order valence-electron chi connectivity index (χ0n) is 8.57. The maximum absolute atomic E-state index is 10.1. The van der Waals surface area contributed by atoms with Crippen LogP contribution in [-0.2, 0) is 0 Å². The standard InChI is InChI=1S/C12H8Cl3NO/c13-7-4-5-10(16-6-7)12(17)8-2-1-3-9(14)11(8)15/h1-6,12,17H. The van der Waals surface area contributed by atoms with Gasteiger partial charge in [-0.25, -0.2) is 0 Å². The fraction of sp³-hybridized carbons (Fsp3) is 0.0833. The molecular formula is C12H8Cl3NO. The van der Waals surface area contributed by atoms with Crippen molar-refractivity contribution in [3.05, 3.63) is 62.9 Å². The molecule has 2 aromatic rings. The van der Waals surface area contributed by atoms with Crippen molar-refractivity contribution in [1.29, 1.82) is 0 Å². The highest BCUT2D eigenvalue weighted by Gasteiger charge is 2.16. The van der Waals surface area contributed by atoms with E-state index >= 15 is 0 Å². The number of nitrogens with zero attached hydrogens (tertiary/aromatic N) is 1. The molecule has 1 heterocycles. The third kappa shape index (κ3) is 2.72. The van der Waals surface area contributed by atoms with Crippen LogP contribution < -0.4 is 0 Å². The van der Waals surface area contributed by atoms with Crippen LogP contribution >= 0.6 is 34.8 Å². The summed E-state index contributed by atoms with van der Waals surface area (Å²) in [5, 5.41) is 11.4. The Morgan fingerprint density at radius 1 is 1.06 bits per heavy atom. The maximum Gasteiger partial charge on any atom is 0.122 e. The fourth-order valence-electron chi connectivity index (χ4n) is 1.44. The molecule has 2 rings (SSSR count). The summed E-state index contributed by atoms with van der Waals surface area (Å²) < 4.78 is 0. The lowest BCUT2D eigenvalue weighted by atomic mass is 10.1. The second-order valence-corrected chi connectivity index (χ2v) is 4.67. The first-order valence-electron chi connectivity index (χ1n) is 4.83. The number of hydrogen-bond acceptors (Lipinski definition) is 2. The van der Waals surface area contributed by atoms with Gasteiger partial charge in [0.15, 0.2) is 0 Å². The molecule has 2 nitrogen and oxygen atoms in total. The summed E-state index contributed by atoms with van der Waals surface area (Å²) in [5.41, 5.74) is 0.993. The second kappa shape index (κ2) is 5.23. The van der Waals surface area contributed by atoms with Gasteiger partial charge in [0.05, 0.1) is 20.8 Å². The van der Waals surface area contributed by atoms with Gasteiger partial charge in [-0.1, -0.05) is 46.9 Å². The number of halogens is 3. The number of aliphatic hydroxyl groups is 1. The average Bonchev–Trinajstić information content (AvgIpc) is 2.33. The zero-order chi connectivity index (χ0) is 12.4. The average molecular weight is 289 g/mol. The summed E-state index contributed by atoms with van der Waals surface area (Å²) in [5.74, 6) is 0. The van der Waals surface area contributed by atoms with E-state index in [0.29, 0.717) is 26.3 Å². The quantitative estimate of drug-likeness (QED) is 0.901. The molecule has 0 radical (unpaired) electrons. The zero-order valence-corrected chi connectivity index (χ0v) is 10.8. The first-order valence-corrected chi connectivity index (χ1v) is 5.96. The van der Waals surface area contributed by atoms with E-state index in [-0.39, 0.29) is 0 Å². The van der Waals surface area contributed by atoms with Gasteiger partial charge in [-0.05, 0) is 18.2 Å². The van der Waals surface area contributed by atoms with E-state index < -0.39 is 6.10 Å². The van der Waals surface area contributed by atoms with Crippen LogP contribution in [-0.4, -0.2) is 10.1 Å². The number of benzene rings is 1. The molecule has 0 fully saturated rings. The van der Waals surface area contributed by atoms with Crippen molar-refractivity contribution >= 4 is 34.8 Å². The first-order chi connectivity index (χ1) is 8.09. The Bertz CT molecular complexity index is 528. The van der Waals surface area contributed by atoms with E-state index in [9.17, 15) is 5.11 Å². The molecule has 1 atom stereocenters. The molecule has 1 aromatic heterocycles. The van der Waals surface area contributed by atoms with Crippen molar-refractivity contribution in [3.63, 3.8) is 0 Å². The van der Waals surface area contributed by atoms with E-state index in [1.54, 1.807) is 30.3 Å². The maximum atomic E-state index is 10.1. The van der Waals surface area contributed by atoms with Gasteiger partial charge >= 0.3 is 0 Å².